The molecular formula is C24H26F3N3OS. The summed E-state index contributed by atoms with van der Waals surface area (Å²) in [5.74, 6) is 0.0156. The summed E-state index contributed by atoms with van der Waals surface area (Å²) < 4.78 is 37.8. The predicted octanol–water partition coefficient (Wildman–Crippen LogP) is 6.35. The number of amides is 1. The smallest absolute Gasteiger partial charge is 0.361 e. The first-order valence-corrected chi connectivity index (χ1v) is 11.5. The molecule has 32 heavy (non-hydrogen) atoms. The first-order chi connectivity index (χ1) is 15.4. The Morgan fingerprint density at radius 1 is 1.19 bits per heavy atom. The molecule has 0 radical (unpaired) electrons. The van der Waals surface area contributed by atoms with Crippen LogP contribution in [0, 0.1) is 0 Å². The fraction of sp³-hybridized carbons (Fsp3) is 0.333. The molecule has 0 spiro atoms. The molecule has 2 aromatic rings. The van der Waals surface area contributed by atoms with Crippen LogP contribution in [0.3, 0.4) is 0 Å². The number of nitrogens with one attached hydrogen (secondary N) is 2. The molecule has 1 aromatic heterocycles. The third-order valence-corrected chi connectivity index (χ3v) is 5.99. The molecule has 1 aliphatic carbocycles. The van der Waals surface area contributed by atoms with E-state index in [-0.39, 0.29) is 5.91 Å². The van der Waals surface area contributed by atoms with Gasteiger partial charge in [-0.1, -0.05) is 49.5 Å². The quantitative estimate of drug-likeness (QED) is 0.493. The van der Waals surface area contributed by atoms with Crippen LogP contribution in [0.25, 0.3) is 5.57 Å². The lowest BCUT2D eigenvalue weighted by atomic mass is 10.1. The molecule has 8 heteroatoms. The number of aromatic nitrogens is 1. The minimum Gasteiger partial charge on any atom is -0.361 e. The molecule has 0 saturated heterocycles. The third-order valence-electron chi connectivity index (χ3n) is 4.96. The van der Waals surface area contributed by atoms with Gasteiger partial charge >= 0.3 is 6.18 Å². The van der Waals surface area contributed by atoms with Crippen LogP contribution in [0.1, 0.15) is 49.1 Å². The van der Waals surface area contributed by atoms with Crippen molar-refractivity contribution in [1.82, 2.24) is 10.3 Å². The molecule has 0 unspecified atom stereocenters. The number of thiazole rings is 1. The second kappa shape index (κ2) is 10.6. The average molecular weight is 462 g/mol. The topological polar surface area (TPSA) is 54.0 Å². The van der Waals surface area contributed by atoms with Gasteiger partial charge in [0.25, 0.3) is 0 Å². The summed E-state index contributed by atoms with van der Waals surface area (Å²) >= 11 is 1.56. The standard InChI is InChI=1S/C22H20F3N3OS.C2H6/c23-22(24,25)17-8-6-14(7-9-17)3-2-10-26-21-27-13-19(30-21)15-4-1-5-18-16(11-15)12-20(29)28-18;1-2/h1,5-9,11,13H,2-4,10,12H2,(H,26,27)(H,28,29);1-2H3. The highest BCUT2D eigenvalue weighted by atomic mass is 32.1. The highest BCUT2D eigenvalue weighted by molar-refractivity contribution is 7.16. The molecule has 0 fully saturated rings. The zero-order valence-corrected chi connectivity index (χ0v) is 18.9. The largest absolute Gasteiger partial charge is 0.416 e. The van der Waals surface area contributed by atoms with Crippen molar-refractivity contribution in [2.75, 3.05) is 11.9 Å². The van der Waals surface area contributed by atoms with E-state index in [1.807, 2.05) is 32.2 Å². The van der Waals surface area contributed by atoms with Crippen molar-refractivity contribution in [2.24, 2.45) is 0 Å². The Kier molecular flexibility index (Phi) is 7.90. The van der Waals surface area contributed by atoms with E-state index in [4.69, 9.17) is 0 Å². The molecule has 0 bridgehead atoms. The number of hydrogen-bond donors (Lipinski definition) is 2. The molecule has 4 nitrogen and oxygen atoms in total. The van der Waals surface area contributed by atoms with Crippen molar-refractivity contribution in [3.63, 3.8) is 0 Å². The summed E-state index contributed by atoms with van der Waals surface area (Å²) in [6.07, 6.45) is 6.24. The fourth-order valence-electron chi connectivity index (χ4n) is 3.42. The molecule has 0 saturated carbocycles. The molecule has 0 atom stereocenters. The van der Waals surface area contributed by atoms with Crippen molar-refractivity contribution in [3.8, 4) is 0 Å². The summed E-state index contributed by atoms with van der Waals surface area (Å²) in [4.78, 5) is 17.1. The summed E-state index contributed by atoms with van der Waals surface area (Å²) in [7, 11) is 0. The lowest BCUT2D eigenvalue weighted by Crippen LogP contribution is -2.13. The second-order valence-corrected chi connectivity index (χ2v) is 8.23. The summed E-state index contributed by atoms with van der Waals surface area (Å²) in [6, 6.07) is 5.31. The maximum absolute atomic E-state index is 12.6. The molecule has 170 valence electrons. The highest BCUT2D eigenvalue weighted by Gasteiger charge is 2.29. The Morgan fingerprint density at radius 2 is 1.94 bits per heavy atom. The van der Waals surface area contributed by atoms with Gasteiger partial charge in [-0.15, -0.1) is 0 Å². The number of carbonyl (C=O) groups excluding carboxylic acids is 1. The van der Waals surface area contributed by atoms with Crippen LogP contribution < -0.4 is 10.6 Å². The van der Waals surface area contributed by atoms with Crippen molar-refractivity contribution < 1.29 is 18.0 Å². The Morgan fingerprint density at radius 3 is 2.66 bits per heavy atom. The summed E-state index contributed by atoms with van der Waals surface area (Å²) in [6.45, 7) is 4.68. The summed E-state index contributed by atoms with van der Waals surface area (Å²) in [5, 5.41) is 6.95. The number of aryl methyl sites for hydroxylation is 1. The number of carbonyl (C=O) groups is 1. The number of allylic oxidation sites excluding steroid dienone is 4. The van der Waals surface area contributed by atoms with E-state index in [1.54, 1.807) is 11.3 Å². The molecule has 2 aliphatic rings. The second-order valence-electron chi connectivity index (χ2n) is 7.19. The van der Waals surface area contributed by atoms with Crippen molar-refractivity contribution in [2.45, 2.75) is 45.7 Å². The van der Waals surface area contributed by atoms with Crippen LogP contribution in [0.5, 0.6) is 0 Å². The van der Waals surface area contributed by atoms with Gasteiger partial charge in [-0.25, -0.2) is 4.98 Å². The van der Waals surface area contributed by atoms with Gasteiger partial charge in [0, 0.05) is 18.4 Å². The lowest BCUT2D eigenvalue weighted by Gasteiger charge is -2.08. The van der Waals surface area contributed by atoms with Crippen LogP contribution in [0.15, 0.2) is 60.0 Å². The number of anilines is 1. The van der Waals surface area contributed by atoms with E-state index in [1.165, 1.54) is 12.1 Å². The Bertz CT molecular complexity index is 1030. The van der Waals surface area contributed by atoms with E-state index < -0.39 is 11.7 Å². The number of hydrogen-bond acceptors (Lipinski definition) is 4. The van der Waals surface area contributed by atoms with E-state index >= 15 is 0 Å². The molecular weight excluding hydrogens is 435 g/mol. The van der Waals surface area contributed by atoms with Crippen molar-refractivity contribution in [1.29, 1.82) is 0 Å². The lowest BCUT2D eigenvalue weighted by molar-refractivity contribution is -0.137. The SMILES string of the molecule is CC.O=C1CC2=C(C=CCC(c3cnc(NCCCc4ccc(C(F)(F)F)cc4)s3)=C2)N1. The number of benzene rings is 1. The van der Waals surface area contributed by atoms with Gasteiger partial charge in [0.2, 0.25) is 5.91 Å². The zero-order valence-electron chi connectivity index (χ0n) is 18.1. The molecule has 1 aliphatic heterocycles. The van der Waals surface area contributed by atoms with Crippen molar-refractivity contribution >= 4 is 27.9 Å². The minimum absolute atomic E-state index is 0.0156. The number of halogens is 3. The average Bonchev–Trinajstić information content (AvgIpc) is 3.33. The molecule has 2 heterocycles. The van der Waals surface area contributed by atoms with Crippen LogP contribution in [-0.4, -0.2) is 17.4 Å². The van der Waals surface area contributed by atoms with Crippen LogP contribution in [0.2, 0.25) is 0 Å². The normalized spacial score (nSPS) is 15.4. The van der Waals surface area contributed by atoms with Gasteiger partial charge < -0.3 is 10.6 Å². The number of rotatable bonds is 6. The van der Waals surface area contributed by atoms with Gasteiger partial charge in [0.05, 0.1) is 16.9 Å². The van der Waals surface area contributed by atoms with E-state index in [0.29, 0.717) is 19.4 Å². The molecule has 1 aromatic carbocycles. The maximum atomic E-state index is 12.6. The van der Waals surface area contributed by atoms with Crippen molar-refractivity contribution in [3.05, 3.63) is 76.0 Å². The monoisotopic (exact) mass is 461 g/mol. The number of nitrogens with zero attached hydrogens (tertiary/aromatic N) is 1. The Hall–Kier alpha value is -2.87. The van der Waals surface area contributed by atoms with Gasteiger partial charge in [-0.2, -0.15) is 13.2 Å². The van der Waals surface area contributed by atoms with Crippen LogP contribution in [-0.2, 0) is 17.4 Å². The number of alkyl halides is 3. The van der Waals surface area contributed by atoms with Gasteiger partial charge in [-0.3, -0.25) is 4.79 Å². The molecule has 2 N–H and O–H groups in total. The highest BCUT2D eigenvalue weighted by Crippen LogP contribution is 2.33. The maximum Gasteiger partial charge on any atom is 0.416 e. The first-order valence-electron chi connectivity index (χ1n) is 10.6. The fourth-order valence-corrected chi connectivity index (χ4v) is 4.28. The molecule has 1 amide bonds. The minimum atomic E-state index is -4.30. The third kappa shape index (κ3) is 6.09. The van der Waals surface area contributed by atoms with Crippen LogP contribution >= 0.6 is 11.3 Å². The van der Waals surface area contributed by atoms with Crippen LogP contribution in [0.4, 0.5) is 18.3 Å². The van der Waals surface area contributed by atoms with E-state index in [2.05, 4.69) is 21.7 Å². The summed E-state index contributed by atoms with van der Waals surface area (Å²) in [5.41, 5.74) is 3.26. The van der Waals surface area contributed by atoms with Gasteiger partial charge in [0.15, 0.2) is 5.13 Å². The van der Waals surface area contributed by atoms with Gasteiger partial charge in [0.1, 0.15) is 0 Å². The van der Waals surface area contributed by atoms with E-state index in [0.717, 1.165) is 57.4 Å². The van der Waals surface area contributed by atoms with E-state index in [9.17, 15) is 18.0 Å². The predicted molar refractivity (Wildman–Crippen MR) is 123 cm³/mol. The Labute approximate surface area is 190 Å². The van der Waals surface area contributed by atoms with Gasteiger partial charge in [-0.05, 0) is 54.2 Å². The molecule has 4 rings (SSSR count). The Balaban J connectivity index is 0.00000141. The first kappa shape index (κ1) is 23.8. The zero-order chi connectivity index (χ0) is 23.1.